The molecule has 0 saturated carbocycles. The number of hydrogen-bond donors (Lipinski definition) is 2. The first-order valence-electron chi connectivity index (χ1n) is 8.11. The van der Waals surface area contributed by atoms with Crippen LogP contribution in [0.2, 0.25) is 0 Å². The lowest BCUT2D eigenvalue weighted by Gasteiger charge is -2.08. The van der Waals surface area contributed by atoms with Crippen molar-refractivity contribution in [3.05, 3.63) is 71.5 Å². The maximum absolute atomic E-state index is 13.2. The number of H-pyrrole nitrogens is 1. The quantitative estimate of drug-likeness (QED) is 0.606. The molecule has 0 aliphatic rings. The van der Waals surface area contributed by atoms with Crippen LogP contribution < -0.4 is 5.73 Å². The summed E-state index contributed by atoms with van der Waals surface area (Å²) in [7, 11) is 0. The summed E-state index contributed by atoms with van der Waals surface area (Å²) in [6.07, 6.45) is 2.65. The number of carbonyl (C=O) groups excluding carboxylic acids is 1. The normalized spacial score (nSPS) is 11.4. The van der Waals surface area contributed by atoms with Gasteiger partial charge < -0.3 is 10.7 Å². The summed E-state index contributed by atoms with van der Waals surface area (Å²) in [5.41, 5.74) is 10.6. The van der Waals surface area contributed by atoms with Gasteiger partial charge in [0.1, 0.15) is 0 Å². The smallest absolute Gasteiger partial charge is 0.262 e. The molecule has 0 unspecified atom stereocenters. The molecule has 2 heterocycles. The summed E-state index contributed by atoms with van der Waals surface area (Å²) in [6, 6.07) is 15.8. The van der Waals surface area contributed by atoms with Crippen molar-refractivity contribution in [2.45, 2.75) is 13.3 Å². The summed E-state index contributed by atoms with van der Waals surface area (Å²) >= 11 is 0. The van der Waals surface area contributed by atoms with Crippen LogP contribution in [0.25, 0.3) is 21.8 Å². The predicted molar refractivity (Wildman–Crippen MR) is 97.5 cm³/mol. The highest BCUT2D eigenvalue weighted by atomic mass is 16.2. The molecule has 4 nitrogen and oxygen atoms in total. The number of benzene rings is 2. The Morgan fingerprint density at radius 2 is 2.00 bits per heavy atom. The minimum Gasteiger partial charge on any atom is -0.361 e. The van der Waals surface area contributed by atoms with Gasteiger partial charge >= 0.3 is 0 Å². The summed E-state index contributed by atoms with van der Waals surface area (Å²) < 4.78 is 1.81. The van der Waals surface area contributed by atoms with Gasteiger partial charge in [-0.05, 0) is 55.8 Å². The first kappa shape index (κ1) is 14.7. The van der Waals surface area contributed by atoms with Crippen molar-refractivity contribution in [2.75, 3.05) is 6.54 Å². The molecule has 0 radical (unpaired) electrons. The van der Waals surface area contributed by atoms with E-state index in [-0.39, 0.29) is 5.91 Å². The fourth-order valence-corrected chi connectivity index (χ4v) is 3.47. The van der Waals surface area contributed by atoms with E-state index in [9.17, 15) is 4.79 Å². The van der Waals surface area contributed by atoms with Gasteiger partial charge in [0.25, 0.3) is 5.91 Å². The van der Waals surface area contributed by atoms with E-state index in [1.54, 1.807) is 0 Å². The SMILES string of the molecule is Cc1c(CCN)c2ccccc2n1C(=O)c1ccc2[nH]ccc2c1. The average molecular weight is 317 g/mol. The van der Waals surface area contributed by atoms with Crippen molar-refractivity contribution in [1.82, 2.24) is 9.55 Å². The molecule has 120 valence electrons. The monoisotopic (exact) mass is 317 g/mol. The fraction of sp³-hybridized carbons (Fsp3) is 0.150. The second kappa shape index (κ2) is 5.65. The number of nitrogens with one attached hydrogen (secondary N) is 1. The summed E-state index contributed by atoms with van der Waals surface area (Å²) in [5, 5.41) is 2.15. The Morgan fingerprint density at radius 1 is 1.17 bits per heavy atom. The summed E-state index contributed by atoms with van der Waals surface area (Å²) in [5.74, 6) is -0.00456. The third kappa shape index (κ3) is 2.15. The van der Waals surface area contributed by atoms with Gasteiger partial charge in [0, 0.05) is 33.7 Å². The Bertz CT molecular complexity index is 1060. The number of nitrogens with two attached hydrogens (primary N) is 1. The molecule has 24 heavy (non-hydrogen) atoms. The lowest BCUT2D eigenvalue weighted by atomic mass is 10.1. The minimum absolute atomic E-state index is 0.00456. The van der Waals surface area contributed by atoms with E-state index >= 15 is 0 Å². The van der Waals surface area contributed by atoms with E-state index in [4.69, 9.17) is 5.73 Å². The number of nitrogens with zero attached hydrogens (tertiary/aromatic N) is 1. The van der Waals surface area contributed by atoms with Gasteiger partial charge in [0.15, 0.2) is 0 Å². The van der Waals surface area contributed by atoms with E-state index in [1.807, 2.05) is 60.2 Å². The second-order valence-corrected chi connectivity index (χ2v) is 6.04. The zero-order chi connectivity index (χ0) is 16.7. The standard InChI is InChI=1S/C20H19N3O/c1-13-16(8-10-21)17-4-2-3-5-19(17)23(13)20(24)15-6-7-18-14(12-15)9-11-22-18/h2-7,9,11-12,22H,8,10,21H2,1H3. The van der Waals surface area contributed by atoms with Gasteiger partial charge in [-0.1, -0.05) is 18.2 Å². The van der Waals surface area contributed by atoms with Crippen molar-refractivity contribution in [2.24, 2.45) is 5.73 Å². The molecular weight excluding hydrogens is 298 g/mol. The molecule has 0 aliphatic carbocycles. The zero-order valence-corrected chi connectivity index (χ0v) is 13.5. The van der Waals surface area contributed by atoms with Gasteiger partial charge in [-0.25, -0.2) is 0 Å². The number of aromatic amines is 1. The highest BCUT2D eigenvalue weighted by molar-refractivity contribution is 6.05. The zero-order valence-electron chi connectivity index (χ0n) is 13.5. The van der Waals surface area contributed by atoms with E-state index in [1.165, 1.54) is 0 Å². The van der Waals surface area contributed by atoms with Gasteiger partial charge in [-0.3, -0.25) is 9.36 Å². The Balaban J connectivity index is 1.91. The molecule has 3 N–H and O–H groups in total. The molecule has 4 heteroatoms. The minimum atomic E-state index is -0.00456. The van der Waals surface area contributed by atoms with Gasteiger partial charge in [-0.15, -0.1) is 0 Å². The largest absolute Gasteiger partial charge is 0.361 e. The van der Waals surface area contributed by atoms with Crippen molar-refractivity contribution in [3.63, 3.8) is 0 Å². The Hall–Kier alpha value is -2.85. The molecule has 2 aromatic heterocycles. The molecule has 0 saturated heterocycles. The molecule has 0 spiro atoms. The number of rotatable bonds is 3. The number of carbonyl (C=O) groups is 1. The van der Waals surface area contributed by atoms with E-state index in [2.05, 4.69) is 11.1 Å². The van der Waals surface area contributed by atoms with Gasteiger partial charge in [0.05, 0.1) is 5.52 Å². The highest BCUT2D eigenvalue weighted by Crippen LogP contribution is 2.27. The number of para-hydroxylation sites is 1. The molecule has 0 amide bonds. The average Bonchev–Trinajstić information content (AvgIpc) is 3.17. The van der Waals surface area contributed by atoms with Crippen LogP contribution >= 0.6 is 0 Å². The van der Waals surface area contributed by atoms with Gasteiger partial charge in [-0.2, -0.15) is 0 Å². The first-order chi connectivity index (χ1) is 11.7. The summed E-state index contributed by atoms with van der Waals surface area (Å²) in [4.78, 5) is 16.3. The van der Waals surface area contributed by atoms with Crippen molar-refractivity contribution in [1.29, 1.82) is 0 Å². The fourth-order valence-electron chi connectivity index (χ4n) is 3.47. The predicted octanol–water partition coefficient (Wildman–Crippen LogP) is 3.62. The van der Waals surface area contributed by atoms with Crippen molar-refractivity contribution >= 4 is 27.7 Å². The number of hydrogen-bond acceptors (Lipinski definition) is 2. The van der Waals surface area contributed by atoms with E-state index in [0.717, 1.165) is 39.5 Å². The summed E-state index contributed by atoms with van der Waals surface area (Å²) in [6.45, 7) is 2.57. The lowest BCUT2D eigenvalue weighted by Crippen LogP contribution is -2.14. The van der Waals surface area contributed by atoms with Crippen LogP contribution in [0.5, 0.6) is 0 Å². The topological polar surface area (TPSA) is 63.8 Å². The maximum atomic E-state index is 13.2. The maximum Gasteiger partial charge on any atom is 0.262 e. The Morgan fingerprint density at radius 3 is 2.83 bits per heavy atom. The van der Waals surface area contributed by atoms with Crippen LogP contribution in [0.1, 0.15) is 21.6 Å². The lowest BCUT2D eigenvalue weighted by molar-refractivity contribution is 0.0963. The van der Waals surface area contributed by atoms with Crippen LogP contribution in [0.4, 0.5) is 0 Å². The first-order valence-corrected chi connectivity index (χ1v) is 8.11. The molecule has 4 aromatic rings. The third-order valence-electron chi connectivity index (χ3n) is 4.64. The molecule has 4 rings (SSSR count). The molecular formula is C20H19N3O. The molecule has 2 aromatic carbocycles. The molecule has 0 bridgehead atoms. The van der Waals surface area contributed by atoms with Crippen LogP contribution in [0.3, 0.4) is 0 Å². The second-order valence-electron chi connectivity index (χ2n) is 6.04. The van der Waals surface area contributed by atoms with Crippen LogP contribution in [-0.4, -0.2) is 22.0 Å². The van der Waals surface area contributed by atoms with Crippen LogP contribution in [-0.2, 0) is 6.42 Å². The number of aromatic nitrogens is 2. The molecule has 0 atom stereocenters. The van der Waals surface area contributed by atoms with Crippen LogP contribution in [0.15, 0.2) is 54.7 Å². The Kier molecular flexibility index (Phi) is 3.47. The van der Waals surface area contributed by atoms with Gasteiger partial charge in [0.2, 0.25) is 0 Å². The van der Waals surface area contributed by atoms with Crippen molar-refractivity contribution < 1.29 is 4.79 Å². The number of fused-ring (bicyclic) bond motifs is 2. The van der Waals surface area contributed by atoms with E-state index < -0.39 is 0 Å². The molecule has 0 aliphatic heterocycles. The van der Waals surface area contributed by atoms with E-state index in [0.29, 0.717) is 12.1 Å². The highest BCUT2D eigenvalue weighted by Gasteiger charge is 2.19. The molecule has 0 fully saturated rings. The van der Waals surface area contributed by atoms with Crippen LogP contribution in [0, 0.1) is 6.92 Å². The van der Waals surface area contributed by atoms with Crippen molar-refractivity contribution in [3.8, 4) is 0 Å². The third-order valence-corrected chi connectivity index (χ3v) is 4.64. The Labute approximate surface area is 139 Å².